The molecule has 0 aliphatic heterocycles. The zero-order chi connectivity index (χ0) is 75.5. The van der Waals surface area contributed by atoms with Gasteiger partial charge in [0.15, 0.2) is 0 Å². The maximum Gasteiger partial charge on any atom is 0.476 e. The van der Waals surface area contributed by atoms with E-state index in [2.05, 4.69) is 275 Å². The van der Waals surface area contributed by atoms with Gasteiger partial charge in [-0.1, -0.05) is 257 Å². The third-order valence-electron chi connectivity index (χ3n) is 14.7. The molecule has 8 nitrogen and oxygen atoms in total. The van der Waals surface area contributed by atoms with Crippen LogP contribution in [0.5, 0.6) is 0 Å². The first-order valence-corrected chi connectivity index (χ1v) is 40.2. The molecule has 0 unspecified atom stereocenters. The fourth-order valence-corrected chi connectivity index (χ4v) is 36.1. The molecule has 0 N–H and O–H groups in total. The van der Waals surface area contributed by atoms with E-state index in [1.165, 1.54) is 0 Å². The molecule has 0 rings (SSSR count). The number of phosphoric ester groups is 1. The molecule has 0 aliphatic carbocycles. The Morgan fingerprint density at radius 1 is 0.236 bits per heavy atom. The Morgan fingerprint density at radius 3 is 0.427 bits per heavy atom. The van der Waals surface area contributed by atoms with Gasteiger partial charge in [0.25, 0.3) is 0 Å². The van der Waals surface area contributed by atoms with Crippen molar-refractivity contribution < 1.29 is 31.8 Å². The lowest BCUT2D eigenvalue weighted by Gasteiger charge is -2.67. The molecule has 0 aliphatic rings. The van der Waals surface area contributed by atoms with E-state index in [4.69, 9.17) is 18.1 Å². The SMILES string of the molecule is CC(C)(C)C(C(C)(C)C)(C(C)(C)C)C(C)(C)C.CC(C)(C)N(C(C)(C)C)C(C)(C)C.CC(C)(C)OP(=O)(C(C)(C)C)C(C)(C)C.CC(C)(C)OP(=O)(OC(C)(C)C)OC(C)(C)C.CC(C)(C)P(=O)(C(C)(C)C)C(C)(C)C.CC(C)(C)P(C(C)(C)C)C(C)(C)C. The molecule has 0 aromatic rings. The number of phosphoric acid groups is 1. The van der Waals surface area contributed by atoms with E-state index in [-0.39, 0.29) is 83.0 Å². The van der Waals surface area contributed by atoms with Crippen LogP contribution in [0.3, 0.4) is 0 Å². The van der Waals surface area contributed by atoms with Gasteiger partial charge in [0.2, 0.25) is 7.37 Å². The third-order valence-corrected chi connectivity index (χ3v) is 31.0. The van der Waals surface area contributed by atoms with Gasteiger partial charge in [0.1, 0.15) is 7.14 Å². The van der Waals surface area contributed by atoms with Crippen LogP contribution >= 0.6 is 30.3 Å². The zero-order valence-electron chi connectivity index (χ0n) is 72.1. The molecule has 0 aromatic heterocycles. The van der Waals surface area contributed by atoms with Gasteiger partial charge >= 0.3 is 7.82 Å². The first-order valence-electron chi connectivity index (χ1n) is 34.1. The summed E-state index contributed by atoms with van der Waals surface area (Å²) in [6.45, 7) is 124. The standard InChI is InChI=1S/C17H36.C12H27N.C12H27O4P.C12H27O2P.C12H27OP.C12H27P/c1-13(2,3)17(14(4,5)6,15(7,8)9)16(10,11)12;1-10(2,3)13(11(4,5)6)12(7,8)9;1-10(2,3)14-17(13,15-11(4,5)6)16-12(7,8)9;1-10(2,3)14-15(13,11(4,5)6)12(7,8)9;1-10(2,3)14(13,11(4,5)6)12(7,8)9;1-10(2,3)13(11(4,5)6)12(7,8)9/h1-12H3;1-9H3;1-9H3;1-9H3;1-9H3;1-9H3. The molecule has 546 valence electrons. The Bertz CT molecular complexity index is 1930. The zero-order valence-corrected chi connectivity index (χ0v) is 75.7. The minimum atomic E-state index is -3.58. The first kappa shape index (κ1) is 101. The summed E-state index contributed by atoms with van der Waals surface area (Å²) in [6.07, 6.45) is 0. The average molecular weight is 1350 g/mol. The van der Waals surface area contributed by atoms with E-state index in [0.717, 1.165) is 0 Å². The van der Waals surface area contributed by atoms with Gasteiger partial charge in [-0.05, 0) is 188 Å². The average Bonchev–Trinajstić information content (AvgIpc) is 2.99. The molecule has 0 atom stereocenters. The topological polar surface area (TPSA) is 91.4 Å². The summed E-state index contributed by atoms with van der Waals surface area (Å²) >= 11 is 0. The molecule has 0 spiro atoms. The molecule has 0 bridgehead atoms. The van der Waals surface area contributed by atoms with E-state index in [0.29, 0.717) is 15.5 Å². The molecule has 0 radical (unpaired) electrons. The second-order valence-corrected chi connectivity index (χ2v) is 60.1. The van der Waals surface area contributed by atoms with Crippen LogP contribution in [0.25, 0.3) is 0 Å². The highest BCUT2D eigenvalue weighted by Crippen LogP contribution is 2.75. The van der Waals surface area contributed by atoms with E-state index in [1.54, 1.807) is 0 Å². The van der Waals surface area contributed by atoms with Gasteiger partial charge in [0, 0.05) is 42.4 Å². The fourth-order valence-electron chi connectivity index (χ4n) is 18.5. The van der Waals surface area contributed by atoms with Crippen molar-refractivity contribution in [3.8, 4) is 0 Å². The lowest BCUT2D eigenvalue weighted by Crippen LogP contribution is -2.61. The van der Waals surface area contributed by atoms with Crippen molar-refractivity contribution in [2.24, 2.45) is 27.1 Å². The molecule has 0 aromatic carbocycles. The molecule has 0 heterocycles. The Balaban J connectivity index is -0.000000233. The van der Waals surface area contributed by atoms with Crippen molar-refractivity contribution in [2.45, 2.75) is 475 Å². The number of hydrogen-bond donors (Lipinski definition) is 0. The summed E-state index contributed by atoms with van der Waals surface area (Å²) in [4.78, 5) is 2.56. The molecule has 0 fully saturated rings. The lowest BCUT2D eigenvalue weighted by molar-refractivity contribution is -0.196. The summed E-state index contributed by atoms with van der Waals surface area (Å²) in [5, 5.41) is 0.344. The Labute approximate surface area is 565 Å². The van der Waals surface area contributed by atoms with E-state index < -0.39 is 39.1 Å². The van der Waals surface area contributed by atoms with E-state index >= 15 is 0 Å². The smallest absolute Gasteiger partial charge is 0.322 e. The molecule has 0 saturated carbocycles. The first-order chi connectivity index (χ1) is 36.8. The Hall–Kier alpha value is 0.920. The summed E-state index contributed by atoms with van der Waals surface area (Å²) in [6, 6.07) is 0. The monoisotopic (exact) mass is 1350 g/mol. The summed E-state index contributed by atoms with van der Waals surface area (Å²) in [7, 11) is -8.55. The highest BCUT2D eigenvalue weighted by molar-refractivity contribution is 7.68. The lowest BCUT2D eigenvalue weighted by atomic mass is 9.37. The van der Waals surface area contributed by atoms with E-state index in [9.17, 15) is 13.7 Å². The molecule has 0 amide bonds. The minimum Gasteiger partial charge on any atom is -0.322 e. The molecule has 12 heteroatoms. The largest absolute Gasteiger partial charge is 0.476 e. The van der Waals surface area contributed by atoms with Gasteiger partial charge in [-0.15, -0.1) is 0 Å². The molecule has 89 heavy (non-hydrogen) atoms. The third kappa shape index (κ3) is 33.4. The molecule has 0 saturated heterocycles. The molecular formula is C77H171NO7P4. The van der Waals surface area contributed by atoms with Gasteiger partial charge in [-0.2, -0.15) is 0 Å². The fraction of sp³-hybridized carbons (Fsp3) is 1.00. The molecular weight excluding hydrogens is 1170 g/mol. The predicted molar refractivity (Wildman–Crippen MR) is 412 cm³/mol. The highest BCUT2D eigenvalue weighted by atomic mass is 31.2. The van der Waals surface area contributed by atoms with Crippen molar-refractivity contribution >= 4 is 30.3 Å². The quantitative estimate of drug-likeness (QED) is 0.257. The van der Waals surface area contributed by atoms with Crippen molar-refractivity contribution in [3.05, 3.63) is 0 Å². The van der Waals surface area contributed by atoms with Gasteiger partial charge < -0.3 is 9.09 Å². The van der Waals surface area contributed by atoms with Crippen LogP contribution < -0.4 is 0 Å². The summed E-state index contributed by atoms with van der Waals surface area (Å²) < 4.78 is 61.3. The number of hydrogen-bond acceptors (Lipinski definition) is 8. The summed E-state index contributed by atoms with van der Waals surface area (Å²) in [5.74, 6) is 0. The maximum absolute atomic E-state index is 13.3. The van der Waals surface area contributed by atoms with Gasteiger partial charge in [0.05, 0.1) is 22.4 Å². The van der Waals surface area contributed by atoms with E-state index in [1.807, 2.05) is 125 Å². The Morgan fingerprint density at radius 2 is 0.393 bits per heavy atom. The summed E-state index contributed by atoms with van der Waals surface area (Å²) in [5.41, 5.74) is -0.170. The van der Waals surface area contributed by atoms with Crippen LogP contribution in [0.4, 0.5) is 0 Å². The van der Waals surface area contributed by atoms with Crippen LogP contribution in [-0.2, 0) is 31.8 Å². The van der Waals surface area contributed by atoms with Crippen molar-refractivity contribution in [3.63, 3.8) is 0 Å². The Kier molecular flexibility index (Phi) is 35.2. The normalized spacial score (nSPS) is 15.5. The van der Waals surface area contributed by atoms with Gasteiger partial charge in [-0.3, -0.25) is 23.0 Å². The number of nitrogens with zero attached hydrogens (tertiary/aromatic N) is 1. The maximum atomic E-state index is 13.3. The minimum absolute atomic E-state index is 0.0162. The second-order valence-electron chi connectivity index (χ2n) is 44.7. The second kappa shape index (κ2) is 31.0. The predicted octanol–water partition coefficient (Wildman–Crippen LogP) is 28.7. The van der Waals surface area contributed by atoms with Crippen LogP contribution in [0, 0.1) is 27.1 Å². The highest BCUT2D eigenvalue weighted by Gasteiger charge is 2.63. The van der Waals surface area contributed by atoms with Crippen molar-refractivity contribution in [2.75, 3.05) is 0 Å². The van der Waals surface area contributed by atoms with Gasteiger partial charge in [-0.25, -0.2) is 4.57 Å². The van der Waals surface area contributed by atoms with Crippen LogP contribution in [0.1, 0.15) is 395 Å². The van der Waals surface area contributed by atoms with Crippen LogP contribution in [-0.4, -0.2) is 85.2 Å². The van der Waals surface area contributed by atoms with Crippen LogP contribution in [0.2, 0.25) is 0 Å². The van der Waals surface area contributed by atoms with Crippen LogP contribution in [0.15, 0.2) is 0 Å². The number of rotatable bonds is 4. The van der Waals surface area contributed by atoms with Crippen molar-refractivity contribution in [1.29, 1.82) is 0 Å². The van der Waals surface area contributed by atoms with Crippen molar-refractivity contribution in [1.82, 2.24) is 4.90 Å².